The molecule has 166 valence electrons. The molecular formula is C26H23N3O4. The van der Waals surface area contributed by atoms with E-state index in [-0.39, 0.29) is 17.0 Å². The first-order valence-electron chi connectivity index (χ1n) is 10.5. The van der Waals surface area contributed by atoms with E-state index in [2.05, 4.69) is 5.32 Å². The lowest BCUT2D eigenvalue weighted by atomic mass is 10.0. The topological polar surface area (TPSA) is 92.6 Å². The molecule has 0 radical (unpaired) electrons. The highest BCUT2D eigenvalue weighted by Gasteiger charge is 2.41. The summed E-state index contributed by atoms with van der Waals surface area (Å²) in [5.41, 5.74) is 5.60. The predicted octanol–water partition coefficient (Wildman–Crippen LogP) is 5.23. The minimum Gasteiger partial charge on any atom is -0.350 e. The molecule has 2 amide bonds. The number of nitro benzene ring substituents is 1. The van der Waals surface area contributed by atoms with Gasteiger partial charge in [0, 0.05) is 17.8 Å². The molecule has 0 saturated heterocycles. The van der Waals surface area contributed by atoms with Crippen molar-refractivity contribution in [1.82, 2.24) is 0 Å². The van der Waals surface area contributed by atoms with Crippen molar-refractivity contribution in [2.75, 3.05) is 10.2 Å². The van der Waals surface area contributed by atoms with Crippen LogP contribution < -0.4 is 10.2 Å². The Morgan fingerprint density at radius 3 is 2.21 bits per heavy atom. The maximum Gasteiger partial charge on any atom is 0.282 e. The number of imide groups is 1. The second-order valence-electron chi connectivity index (χ2n) is 8.16. The zero-order chi connectivity index (χ0) is 23.9. The SMILES string of the molecule is Cc1ccc(C)c(N2C(=O)C(Nc3cccc(C)c3C)=C(c3ccc([N+](=O)[O-])cc3)C2=O)c1. The Kier molecular flexibility index (Phi) is 5.55. The van der Waals surface area contributed by atoms with Gasteiger partial charge in [-0.1, -0.05) is 24.3 Å². The molecule has 1 aliphatic heterocycles. The molecule has 1 heterocycles. The zero-order valence-electron chi connectivity index (χ0n) is 18.8. The minimum absolute atomic E-state index is 0.0912. The number of hydrogen-bond donors (Lipinski definition) is 1. The number of nitrogens with one attached hydrogen (secondary N) is 1. The van der Waals surface area contributed by atoms with Crippen LogP contribution in [-0.4, -0.2) is 16.7 Å². The normalized spacial score (nSPS) is 13.6. The standard InChI is InChI=1S/C26H23N3O4/c1-15-8-9-17(3)22(14-15)28-25(30)23(19-10-12-20(13-11-19)29(32)33)24(26(28)31)27-21-7-5-6-16(2)18(21)4/h5-14,27H,1-4H3. The van der Waals surface area contributed by atoms with Gasteiger partial charge in [-0.3, -0.25) is 19.7 Å². The summed E-state index contributed by atoms with van der Waals surface area (Å²) in [4.78, 5) is 39.0. The molecule has 0 bridgehead atoms. The molecule has 1 aliphatic rings. The number of benzene rings is 3. The molecule has 0 atom stereocenters. The maximum atomic E-state index is 13.6. The number of carbonyl (C=O) groups excluding carboxylic acids is 2. The highest BCUT2D eigenvalue weighted by Crippen LogP contribution is 2.36. The van der Waals surface area contributed by atoms with E-state index in [0.29, 0.717) is 16.9 Å². The largest absolute Gasteiger partial charge is 0.350 e. The highest BCUT2D eigenvalue weighted by molar-refractivity contribution is 6.46. The van der Waals surface area contributed by atoms with Crippen molar-refractivity contribution in [1.29, 1.82) is 0 Å². The van der Waals surface area contributed by atoms with E-state index >= 15 is 0 Å². The molecule has 7 heteroatoms. The molecule has 0 saturated carbocycles. The van der Waals surface area contributed by atoms with Gasteiger partial charge >= 0.3 is 0 Å². The van der Waals surface area contributed by atoms with Crippen LogP contribution in [0.1, 0.15) is 27.8 Å². The lowest BCUT2D eigenvalue weighted by molar-refractivity contribution is -0.384. The first-order chi connectivity index (χ1) is 15.7. The second-order valence-corrected chi connectivity index (χ2v) is 8.16. The summed E-state index contributed by atoms with van der Waals surface area (Å²) < 4.78 is 0. The van der Waals surface area contributed by atoms with Gasteiger partial charge in [-0.15, -0.1) is 0 Å². The second kappa shape index (κ2) is 8.35. The van der Waals surface area contributed by atoms with Crippen LogP contribution in [0.5, 0.6) is 0 Å². The van der Waals surface area contributed by atoms with Gasteiger partial charge in [0.1, 0.15) is 5.70 Å². The van der Waals surface area contributed by atoms with E-state index in [1.165, 1.54) is 29.2 Å². The Hall–Kier alpha value is -4.26. The van der Waals surface area contributed by atoms with Crippen LogP contribution in [0.25, 0.3) is 5.57 Å². The van der Waals surface area contributed by atoms with Gasteiger partial charge in [-0.2, -0.15) is 0 Å². The number of aryl methyl sites for hydroxylation is 3. The van der Waals surface area contributed by atoms with Crippen LogP contribution >= 0.6 is 0 Å². The van der Waals surface area contributed by atoms with E-state index in [9.17, 15) is 19.7 Å². The van der Waals surface area contributed by atoms with Gasteiger partial charge in [0.05, 0.1) is 16.2 Å². The number of hydrogen-bond acceptors (Lipinski definition) is 5. The summed E-state index contributed by atoms with van der Waals surface area (Å²) in [6.45, 7) is 7.65. The van der Waals surface area contributed by atoms with Gasteiger partial charge < -0.3 is 5.32 Å². The van der Waals surface area contributed by atoms with Crippen molar-refractivity contribution in [3.8, 4) is 0 Å². The summed E-state index contributed by atoms with van der Waals surface area (Å²) >= 11 is 0. The van der Waals surface area contributed by atoms with E-state index < -0.39 is 16.7 Å². The van der Waals surface area contributed by atoms with E-state index in [0.717, 1.165) is 22.3 Å². The number of carbonyl (C=O) groups is 2. The van der Waals surface area contributed by atoms with Gasteiger partial charge in [0.25, 0.3) is 17.5 Å². The Morgan fingerprint density at radius 1 is 0.848 bits per heavy atom. The maximum absolute atomic E-state index is 13.6. The van der Waals surface area contributed by atoms with Crippen molar-refractivity contribution < 1.29 is 14.5 Å². The number of rotatable bonds is 5. The van der Waals surface area contributed by atoms with Crippen LogP contribution in [-0.2, 0) is 9.59 Å². The Balaban J connectivity index is 1.88. The van der Waals surface area contributed by atoms with Gasteiger partial charge in [0.15, 0.2) is 0 Å². The summed E-state index contributed by atoms with van der Waals surface area (Å²) in [7, 11) is 0. The Morgan fingerprint density at radius 2 is 1.55 bits per heavy atom. The first-order valence-corrected chi connectivity index (χ1v) is 10.5. The molecule has 0 spiro atoms. The molecular weight excluding hydrogens is 418 g/mol. The Bertz CT molecular complexity index is 1340. The summed E-state index contributed by atoms with van der Waals surface area (Å²) in [6, 6.07) is 16.9. The molecule has 4 rings (SSSR count). The summed E-state index contributed by atoms with van der Waals surface area (Å²) in [6.07, 6.45) is 0. The average Bonchev–Trinajstić information content (AvgIpc) is 3.02. The fourth-order valence-corrected chi connectivity index (χ4v) is 3.86. The summed E-state index contributed by atoms with van der Waals surface area (Å²) in [5, 5.41) is 14.3. The quantitative estimate of drug-likeness (QED) is 0.333. The molecule has 3 aromatic rings. The van der Waals surface area contributed by atoms with E-state index in [1.807, 2.05) is 58.0 Å². The number of non-ortho nitro benzene ring substituents is 1. The third-order valence-corrected chi connectivity index (χ3v) is 5.92. The molecule has 3 aromatic carbocycles. The lowest BCUT2D eigenvalue weighted by Crippen LogP contribution is -2.33. The van der Waals surface area contributed by atoms with Gasteiger partial charge in [-0.05, 0) is 79.8 Å². The number of amides is 2. The Labute approximate surface area is 191 Å². The summed E-state index contributed by atoms with van der Waals surface area (Å²) in [5.74, 6) is -0.946. The van der Waals surface area contributed by atoms with E-state index in [4.69, 9.17) is 0 Å². The molecule has 7 nitrogen and oxygen atoms in total. The minimum atomic E-state index is -0.503. The molecule has 0 fully saturated rings. The van der Waals surface area contributed by atoms with Crippen molar-refractivity contribution in [2.24, 2.45) is 0 Å². The first kappa shape index (κ1) is 22.0. The fourth-order valence-electron chi connectivity index (χ4n) is 3.86. The number of nitro groups is 1. The van der Waals surface area contributed by atoms with Crippen LogP contribution in [0.15, 0.2) is 66.4 Å². The van der Waals surface area contributed by atoms with E-state index in [1.54, 1.807) is 6.07 Å². The van der Waals surface area contributed by atoms with Crippen molar-refractivity contribution in [2.45, 2.75) is 27.7 Å². The monoisotopic (exact) mass is 441 g/mol. The van der Waals surface area contributed by atoms with Crippen molar-refractivity contribution in [3.05, 3.63) is 104 Å². The molecule has 0 aromatic heterocycles. The third-order valence-electron chi connectivity index (χ3n) is 5.92. The van der Waals surface area contributed by atoms with Gasteiger partial charge in [-0.25, -0.2) is 4.90 Å². The number of anilines is 2. The zero-order valence-corrected chi connectivity index (χ0v) is 18.8. The van der Waals surface area contributed by atoms with Crippen LogP contribution in [0.2, 0.25) is 0 Å². The molecule has 0 unspecified atom stereocenters. The highest BCUT2D eigenvalue weighted by atomic mass is 16.6. The molecule has 33 heavy (non-hydrogen) atoms. The molecule has 1 N–H and O–H groups in total. The van der Waals surface area contributed by atoms with Crippen LogP contribution in [0, 0.1) is 37.8 Å². The fraction of sp³-hybridized carbons (Fsp3) is 0.154. The van der Waals surface area contributed by atoms with Gasteiger partial charge in [0.2, 0.25) is 0 Å². The van der Waals surface area contributed by atoms with Crippen LogP contribution in [0.4, 0.5) is 17.1 Å². The third kappa shape index (κ3) is 3.89. The van der Waals surface area contributed by atoms with Crippen LogP contribution in [0.3, 0.4) is 0 Å². The number of nitrogens with zero attached hydrogens (tertiary/aromatic N) is 2. The molecule has 0 aliphatic carbocycles. The predicted molar refractivity (Wildman–Crippen MR) is 128 cm³/mol. The average molecular weight is 441 g/mol. The smallest absolute Gasteiger partial charge is 0.282 e. The lowest BCUT2D eigenvalue weighted by Gasteiger charge is -2.19. The van der Waals surface area contributed by atoms with Crippen molar-refractivity contribution >= 4 is 34.4 Å². The van der Waals surface area contributed by atoms with Crippen molar-refractivity contribution in [3.63, 3.8) is 0 Å².